The van der Waals surface area contributed by atoms with E-state index in [1.165, 1.54) is 0 Å². The first-order valence-corrected chi connectivity index (χ1v) is 6.54. The molecule has 106 valence electrons. The summed E-state index contributed by atoms with van der Waals surface area (Å²) < 4.78 is 10.9. The van der Waals surface area contributed by atoms with E-state index < -0.39 is 0 Å². The number of anilines is 1. The van der Waals surface area contributed by atoms with Crippen LogP contribution >= 0.6 is 0 Å². The standard InChI is InChI=1S/C15H14N4O2/c1-2-20-13-6-4-3-5-12(13)14-18-15(21-19-14)10-7-11(16)9-17-8-10/h3-9H,2,16H2,1H3. The van der Waals surface area contributed by atoms with Crippen molar-refractivity contribution in [1.82, 2.24) is 15.1 Å². The molecule has 0 unspecified atom stereocenters. The lowest BCUT2D eigenvalue weighted by molar-refractivity contribution is 0.341. The molecule has 2 heterocycles. The number of nitrogens with zero attached hydrogens (tertiary/aromatic N) is 3. The van der Waals surface area contributed by atoms with Gasteiger partial charge >= 0.3 is 0 Å². The molecule has 0 radical (unpaired) electrons. The number of nitrogen functional groups attached to an aromatic ring is 1. The van der Waals surface area contributed by atoms with Crippen LogP contribution in [0.2, 0.25) is 0 Å². The SMILES string of the molecule is CCOc1ccccc1-c1noc(-c2cncc(N)c2)n1. The second-order valence-corrected chi connectivity index (χ2v) is 4.36. The van der Waals surface area contributed by atoms with Gasteiger partial charge in [-0.05, 0) is 25.1 Å². The Morgan fingerprint density at radius 3 is 2.90 bits per heavy atom. The first kappa shape index (κ1) is 13.1. The summed E-state index contributed by atoms with van der Waals surface area (Å²) in [6, 6.07) is 9.29. The van der Waals surface area contributed by atoms with Crippen molar-refractivity contribution < 1.29 is 9.26 Å². The molecule has 0 saturated heterocycles. The van der Waals surface area contributed by atoms with Crippen LogP contribution < -0.4 is 10.5 Å². The Morgan fingerprint density at radius 2 is 2.10 bits per heavy atom. The molecule has 6 nitrogen and oxygen atoms in total. The first-order valence-electron chi connectivity index (χ1n) is 6.54. The highest BCUT2D eigenvalue weighted by atomic mass is 16.5. The van der Waals surface area contributed by atoms with Crippen molar-refractivity contribution >= 4 is 5.69 Å². The summed E-state index contributed by atoms with van der Waals surface area (Å²) in [7, 11) is 0. The number of hydrogen-bond donors (Lipinski definition) is 1. The molecule has 1 aromatic carbocycles. The number of pyridine rings is 1. The zero-order valence-corrected chi connectivity index (χ0v) is 11.5. The fraction of sp³-hybridized carbons (Fsp3) is 0.133. The van der Waals surface area contributed by atoms with Gasteiger partial charge in [0.25, 0.3) is 5.89 Å². The van der Waals surface area contributed by atoms with Gasteiger partial charge in [-0.1, -0.05) is 17.3 Å². The largest absolute Gasteiger partial charge is 0.493 e. The monoisotopic (exact) mass is 282 g/mol. The zero-order chi connectivity index (χ0) is 14.7. The molecule has 3 rings (SSSR count). The van der Waals surface area contributed by atoms with E-state index in [4.69, 9.17) is 15.0 Å². The highest BCUT2D eigenvalue weighted by Crippen LogP contribution is 2.29. The number of benzene rings is 1. The van der Waals surface area contributed by atoms with Crippen LogP contribution in [0.5, 0.6) is 5.75 Å². The number of para-hydroxylation sites is 1. The first-order chi connectivity index (χ1) is 10.3. The van der Waals surface area contributed by atoms with Gasteiger partial charge in [-0.25, -0.2) is 0 Å². The molecule has 0 saturated carbocycles. The van der Waals surface area contributed by atoms with Gasteiger partial charge in [0.1, 0.15) is 5.75 Å². The third-order valence-electron chi connectivity index (χ3n) is 2.86. The molecule has 0 spiro atoms. The Kier molecular flexibility index (Phi) is 3.51. The fourth-order valence-corrected chi connectivity index (χ4v) is 1.96. The highest BCUT2D eigenvalue weighted by Gasteiger charge is 2.14. The Labute approximate surface area is 121 Å². The highest BCUT2D eigenvalue weighted by molar-refractivity contribution is 5.66. The Bertz CT molecular complexity index is 755. The predicted octanol–water partition coefficient (Wildman–Crippen LogP) is 2.78. The lowest BCUT2D eigenvalue weighted by atomic mass is 10.2. The number of hydrogen-bond acceptors (Lipinski definition) is 6. The van der Waals surface area contributed by atoms with E-state index in [0.717, 1.165) is 11.3 Å². The molecule has 2 N–H and O–H groups in total. The molecule has 6 heteroatoms. The summed E-state index contributed by atoms with van der Waals surface area (Å²) in [6.45, 7) is 2.50. The van der Waals surface area contributed by atoms with E-state index in [9.17, 15) is 0 Å². The molecule has 3 aromatic rings. The molecule has 0 aliphatic carbocycles. The fourth-order valence-electron chi connectivity index (χ4n) is 1.96. The van der Waals surface area contributed by atoms with Crippen LogP contribution in [-0.4, -0.2) is 21.7 Å². The molecule has 0 bridgehead atoms. The summed E-state index contributed by atoms with van der Waals surface area (Å²) in [5.41, 5.74) is 7.72. The minimum absolute atomic E-state index is 0.371. The van der Waals surface area contributed by atoms with Gasteiger partial charge in [-0.2, -0.15) is 4.98 Å². The third-order valence-corrected chi connectivity index (χ3v) is 2.86. The minimum atomic E-state index is 0.371. The van der Waals surface area contributed by atoms with Crippen molar-refractivity contribution in [3.8, 4) is 28.6 Å². The Morgan fingerprint density at radius 1 is 1.24 bits per heavy atom. The summed E-state index contributed by atoms with van der Waals surface area (Å²) in [5.74, 6) is 1.56. The summed E-state index contributed by atoms with van der Waals surface area (Å²) in [6.07, 6.45) is 3.19. The quantitative estimate of drug-likeness (QED) is 0.791. The maximum absolute atomic E-state index is 5.71. The molecule has 21 heavy (non-hydrogen) atoms. The van der Waals surface area contributed by atoms with Crippen molar-refractivity contribution in [2.75, 3.05) is 12.3 Å². The van der Waals surface area contributed by atoms with E-state index in [1.54, 1.807) is 18.5 Å². The lowest BCUT2D eigenvalue weighted by Crippen LogP contribution is -1.94. The normalized spacial score (nSPS) is 10.5. The van der Waals surface area contributed by atoms with E-state index in [0.29, 0.717) is 29.6 Å². The van der Waals surface area contributed by atoms with Gasteiger partial charge in [0.2, 0.25) is 5.82 Å². The van der Waals surface area contributed by atoms with Crippen LogP contribution in [0.15, 0.2) is 47.2 Å². The van der Waals surface area contributed by atoms with Crippen molar-refractivity contribution in [2.45, 2.75) is 6.92 Å². The summed E-state index contributed by atoms with van der Waals surface area (Å²) >= 11 is 0. The van der Waals surface area contributed by atoms with Gasteiger partial charge in [0.15, 0.2) is 0 Å². The minimum Gasteiger partial charge on any atom is -0.493 e. The predicted molar refractivity (Wildman–Crippen MR) is 78.5 cm³/mol. The maximum atomic E-state index is 5.71. The van der Waals surface area contributed by atoms with Gasteiger partial charge < -0.3 is 15.0 Å². The third kappa shape index (κ3) is 2.69. The second-order valence-electron chi connectivity index (χ2n) is 4.36. The van der Waals surface area contributed by atoms with Crippen LogP contribution in [0.25, 0.3) is 22.8 Å². The van der Waals surface area contributed by atoms with E-state index in [-0.39, 0.29) is 0 Å². The number of ether oxygens (including phenoxy) is 1. The van der Waals surface area contributed by atoms with Crippen LogP contribution in [0.4, 0.5) is 5.69 Å². The van der Waals surface area contributed by atoms with Crippen molar-refractivity contribution in [2.24, 2.45) is 0 Å². The van der Waals surface area contributed by atoms with Gasteiger partial charge in [-0.15, -0.1) is 0 Å². The van der Waals surface area contributed by atoms with E-state index in [2.05, 4.69) is 15.1 Å². The number of aromatic nitrogens is 3. The van der Waals surface area contributed by atoms with Crippen LogP contribution in [-0.2, 0) is 0 Å². The second kappa shape index (κ2) is 5.62. The summed E-state index contributed by atoms with van der Waals surface area (Å²) in [4.78, 5) is 8.39. The van der Waals surface area contributed by atoms with E-state index >= 15 is 0 Å². The average Bonchev–Trinajstić information content (AvgIpc) is 2.98. The smallest absolute Gasteiger partial charge is 0.259 e. The van der Waals surface area contributed by atoms with Gasteiger partial charge in [0, 0.05) is 12.4 Å². The topological polar surface area (TPSA) is 87.1 Å². The summed E-state index contributed by atoms with van der Waals surface area (Å²) in [5, 5.41) is 4.00. The molecule has 0 atom stereocenters. The van der Waals surface area contributed by atoms with Crippen molar-refractivity contribution in [1.29, 1.82) is 0 Å². The molecule has 0 aliphatic rings. The van der Waals surface area contributed by atoms with Crippen LogP contribution in [0.1, 0.15) is 6.92 Å². The van der Waals surface area contributed by atoms with Crippen LogP contribution in [0, 0.1) is 0 Å². The number of nitrogens with two attached hydrogens (primary N) is 1. The number of rotatable bonds is 4. The van der Waals surface area contributed by atoms with Gasteiger partial charge in [0.05, 0.1) is 23.4 Å². The van der Waals surface area contributed by atoms with Crippen LogP contribution in [0.3, 0.4) is 0 Å². The molecule has 2 aromatic heterocycles. The van der Waals surface area contributed by atoms with Gasteiger partial charge in [-0.3, -0.25) is 4.98 Å². The molecule has 0 fully saturated rings. The molecule has 0 aliphatic heterocycles. The van der Waals surface area contributed by atoms with Crippen molar-refractivity contribution in [3.05, 3.63) is 42.7 Å². The molecular weight excluding hydrogens is 268 g/mol. The maximum Gasteiger partial charge on any atom is 0.259 e. The van der Waals surface area contributed by atoms with E-state index in [1.807, 2.05) is 31.2 Å². The Hall–Kier alpha value is -2.89. The zero-order valence-electron chi connectivity index (χ0n) is 11.5. The Balaban J connectivity index is 1.99. The lowest BCUT2D eigenvalue weighted by Gasteiger charge is -2.05. The molecule has 0 amide bonds. The average molecular weight is 282 g/mol. The molecular formula is C15H14N4O2. The van der Waals surface area contributed by atoms with Crippen molar-refractivity contribution in [3.63, 3.8) is 0 Å².